The summed E-state index contributed by atoms with van der Waals surface area (Å²) < 4.78 is 23.1. The molecule has 1 heterocycles. The third-order valence-electron chi connectivity index (χ3n) is 11.6. The molecule has 0 fully saturated rings. The van der Waals surface area contributed by atoms with Gasteiger partial charge in [0.1, 0.15) is 23.0 Å². The summed E-state index contributed by atoms with van der Waals surface area (Å²) in [5, 5.41) is 25.2. The maximum atomic E-state index is 13.2. The molecule has 0 N–H and O–H groups in total. The van der Waals surface area contributed by atoms with Gasteiger partial charge >= 0.3 is 11.9 Å². The number of fused-ring (bicyclic) bond motifs is 3. The number of hydrogen-bond donors (Lipinski definition) is 0. The Hall–Kier alpha value is -5.43. The molecule has 350 valence electrons. The fourth-order valence-corrected chi connectivity index (χ4v) is 9.06. The number of unbranched alkanes of at least 4 members (excludes halogenated alkanes) is 18. The Bertz CT molecular complexity index is 1990. The normalized spacial score (nSPS) is 11.8. The molecule has 0 aromatic heterocycles. The van der Waals surface area contributed by atoms with Gasteiger partial charge in [-0.1, -0.05) is 129 Å². The van der Waals surface area contributed by atoms with E-state index in [1.54, 1.807) is 48.5 Å². The van der Waals surface area contributed by atoms with Crippen molar-refractivity contribution in [1.29, 1.82) is 0 Å². The lowest BCUT2D eigenvalue weighted by Crippen LogP contribution is -2.10. The van der Waals surface area contributed by atoms with E-state index in [0.717, 1.165) is 37.8 Å². The fourth-order valence-electron chi connectivity index (χ4n) is 8.06. The first-order chi connectivity index (χ1) is 31.7. The molecule has 1 aliphatic heterocycles. The van der Waals surface area contributed by atoms with Gasteiger partial charge in [0.15, 0.2) is 0 Å². The number of benzene rings is 4. The molecule has 4 aromatic carbocycles. The average molecular weight is 911 g/mol. The van der Waals surface area contributed by atoms with Crippen LogP contribution in [0.2, 0.25) is 0 Å². The number of carbonyl (C=O) groups is 2. The highest BCUT2D eigenvalue weighted by molar-refractivity contribution is 7.97. The number of nitro groups is 2. The Morgan fingerprint density at radius 3 is 1.12 bits per heavy atom. The summed E-state index contributed by atoms with van der Waals surface area (Å²) in [4.78, 5) is 50.4. The summed E-state index contributed by atoms with van der Waals surface area (Å²) in [6, 6.07) is 18.3. The maximum Gasteiger partial charge on any atom is 0.343 e. The Labute approximate surface area is 388 Å². The van der Waals surface area contributed by atoms with Crippen molar-refractivity contribution >= 4 is 35.1 Å². The lowest BCUT2D eigenvalue weighted by Gasteiger charge is -2.14. The van der Waals surface area contributed by atoms with Gasteiger partial charge in [-0.2, -0.15) is 11.8 Å². The minimum Gasteiger partial charge on any atom is -0.494 e. The van der Waals surface area contributed by atoms with Crippen molar-refractivity contribution in [3.63, 3.8) is 0 Å². The predicted octanol–water partition coefficient (Wildman–Crippen LogP) is 15.0. The number of carbonyl (C=O) groups excluding carboxylic acids is 2. The van der Waals surface area contributed by atoms with Gasteiger partial charge in [-0.15, -0.1) is 0 Å². The summed E-state index contributed by atoms with van der Waals surface area (Å²) in [5.74, 6) is 0.174. The van der Waals surface area contributed by atoms with Crippen molar-refractivity contribution < 1.29 is 38.4 Å². The average Bonchev–Trinajstić information content (AvgIpc) is 3.48. The molecule has 5 rings (SSSR count). The van der Waals surface area contributed by atoms with E-state index in [1.165, 1.54) is 127 Å². The third-order valence-corrected chi connectivity index (χ3v) is 12.7. The maximum absolute atomic E-state index is 13.2. The van der Waals surface area contributed by atoms with E-state index in [1.807, 2.05) is 0 Å². The van der Waals surface area contributed by atoms with Crippen molar-refractivity contribution in [3.05, 3.63) is 115 Å². The molecule has 0 saturated heterocycles. The number of ether oxygens (including phenoxy) is 4. The molecule has 0 saturated carbocycles. The summed E-state index contributed by atoms with van der Waals surface area (Å²) in [6.45, 7) is 5.62. The van der Waals surface area contributed by atoms with Crippen molar-refractivity contribution in [3.8, 4) is 34.1 Å². The van der Waals surface area contributed by atoms with Gasteiger partial charge in [-0.3, -0.25) is 20.2 Å². The molecule has 1 aliphatic rings. The van der Waals surface area contributed by atoms with Crippen molar-refractivity contribution in [2.45, 2.75) is 154 Å². The SMILES string of the molecule is CCCCCCCCCCCCOc1ccc(C(=O)Oc2cc3c(c([N+](=O)[O-])c2)-c2c(cc(OC(=O)c4ccc(OCCCCCCCCCCCC)cc4)cc2[N+](=O)[O-])CSC3)cc1. The Kier molecular flexibility index (Phi) is 21.6. The van der Waals surface area contributed by atoms with Crippen LogP contribution in [0.4, 0.5) is 11.4 Å². The second-order valence-electron chi connectivity index (χ2n) is 16.8. The largest absolute Gasteiger partial charge is 0.494 e. The Morgan fingerprint density at radius 2 is 0.800 bits per heavy atom. The van der Waals surface area contributed by atoms with E-state index in [0.29, 0.717) is 35.8 Å². The van der Waals surface area contributed by atoms with Crippen LogP contribution in [0.3, 0.4) is 0 Å². The van der Waals surface area contributed by atoms with Gasteiger partial charge in [0.2, 0.25) is 0 Å². The number of nitro benzene ring substituents is 2. The number of nitrogens with zero attached hydrogens (tertiary/aromatic N) is 2. The molecule has 4 aromatic rings. The molecule has 0 atom stereocenters. The number of thioether (sulfide) groups is 1. The van der Waals surface area contributed by atoms with E-state index < -0.39 is 33.2 Å². The summed E-state index contributed by atoms with van der Waals surface area (Å²) in [7, 11) is 0. The molecular weight excluding hydrogens is 845 g/mol. The summed E-state index contributed by atoms with van der Waals surface area (Å²) in [6.07, 6.45) is 24.6. The van der Waals surface area contributed by atoms with Crippen LogP contribution in [0.1, 0.15) is 174 Å². The zero-order valence-corrected chi connectivity index (χ0v) is 39.1. The van der Waals surface area contributed by atoms with Gasteiger partial charge < -0.3 is 18.9 Å². The van der Waals surface area contributed by atoms with Crippen LogP contribution >= 0.6 is 11.8 Å². The highest BCUT2D eigenvalue weighted by atomic mass is 32.2. The summed E-state index contributed by atoms with van der Waals surface area (Å²) >= 11 is 1.37. The van der Waals surface area contributed by atoms with E-state index in [9.17, 15) is 29.8 Å². The van der Waals surface area contributed by atoms with Gasteiger partial charge in [-0.25, -0.2) is 9.59 Å². The zero-order valence-electron chi connectivity index (χ0n) is 38.3. The number of esters is 2. The molecule has 0 spiro atoms. The topological polar surface area (TPSA) is 157 Å². The van der Waals surface area contributed by atoms with Crippen LogP contribution in [-0.4, -0.2) is 35.0 Å². The quantitative estimate of drug-likeness (QED) is 0.0161. The standard InChI is InChI=1S/C52H66N2O10S/c1-3-5-7-9-11-13-15-17-19-21-31-61-43-27-23-39(24-28-43)51(55)63-45-33-41-37-65-38-42-34-46(36-48(54(59)60)50(42)49(41)47(35-45)53(57)58)64-52(56)40-25-29-44(30-26-40)62-32-22-20-18-16-14-12-10-8-6-4-2/h23-30,33-36H,3-22,31-32,37-38H2,1-2H3. The first-order valence-electron chi connectivity index (χ1n) is 23.8. The predicted molar refractivity (Wildman–Crippen MR) is 258 cm³/mol. The van der Waals surface area contributed by atoms with Crippen LogP contribution in [0, 0.1) is 20.2 Å². The molecule has 0 radical (unpaired) electrons. The number of rotatable bonds is 30. The highest BCUT2D eigenvalue weighted by Crippen LogP contribution is 2.48. The van der Waals surface area contributed by atoms with Crippen LogP contribution in [-0.2, 0) is 11.5 Å². The van der Waals surface area contributed by atoms with Crippen LogP contribution < -0.4 is 18.9 Å². The number of hydrogen-bond acceptors (Lipinski definition) is 11. The summed E-state index contributed by atoms with van der Waals surface area (Å²) in [5.41, 5.74) is 0.453. The lowest BCUT2D eigenvalue weighted by atomic mass is 9.93. The molecule has 0 bridgehead atoms. The molecule has 0 aliphatic carbocycles. The van der Waals surface area contributed by atoms with Crippen LogP contribution in [0.5, 0.6) is 23.0 Å². The molecule has 65 heavy (non-hydrogen) atoms. The Balaban J connectivity index is 1.16. The molecule has 13 heteroatoms. The van der Waals surface area contributed by atoms with Crippen molar-refractivity contribution in [2.75, 3.05) is 13.2 Å². The van der Waals surface area contributed by atoms with E-state index in [4.69, 9.17) is 18.9 Å². The first kappa shape index (κ1) is 50.6. The first-order valence-corrected chi connectivity index (χ1v) is 24.9. The third kappa shape index (κ3) is 16.5. The second kappa shape index (κ2) is 27.8. The van der Waals surface area contributed by atoms with Gasteiger partial charge in [0.05, 0.1) is 57.4 Å². The molecular formula is C52H66N2O10S. The van der Waals surface area contributed by atoms with E-state index in [-0.39, 0.29) is 45.3 Å². The minimum absolute atomic E-state index is 0.0525. The van der Waals surface area contributed by atoms with Gasteiger partial charge in [0, 0.05) is 11.5 Å². The lowest BCUT2D eigenvalue weighted by molar-refractivity contribution is -0.386. The second-order valence-corrected chi connectivity index (χ2v) is 17.8. The molecule has 0 unspecified atom stereocenters. The minimum atomic E-state index is -0.717. The fraction of sp³-hybridized carbons (Fsp3) is 0.500. The van der Waals surface area contributed by atoms with E-state index in [2.05, 4.69) is 13.8 Å². The van der Waals surface area contributed by atoms with Gasteiger partial charge in [-0.05, 0) is 84.6 Å². The van der Waals surface area contributed by atoms with Crippen LogP contribution in [0.25, 0.3) is 11.1 Å². The molecule has 12 nitrogen and oxygen atoms in total. The zero-order chi connectivity index (χ0) is 46.2. The smallest absolute Gasteiger partial charge is 0.343 e. The van der Waals surface area contributed by atoms with Crippen molar-refractivity contribution in [1.82, 2.24) is 0 Å². The van der Waals surface area contributed by atoms with Gasteiger partial charge in [0.25, 0.3) is 11.4 Å². The molecule has 0 amide bonds. The highest BCUT2D eigenvalue weighted by Gasteiger charge is 2.33. The van der Waals surface area contributed by atoms with Crippen LogP contribution in [0.15, 0.2) is 72.8 Å². The van der Waals surface area contributed by atoms with E-state index >= 15 is 0 Å². The monoisotopic (exact) mass is 910 g/mol. The van der Waals surface area contributed by atoms with Crippen molar-refractivity contribution in [2.24, 2.45) is 0 Å². The Morgan fingerprint density at radius 1 is 0.477 bits per heavy atom.